The van der Waals surface area contributed by atoms with Crippen LogP contribution in [0, 0.1) is 6.92 Å². The second kappa shape index (κ2) is 8.54. The monoisotopic (exact) mass is 397 g/mol. The van der Waals surface area contributed by atoms with Crippen molar-refractivity contribution in [3.63, 3.8) is 0 Å². The highest BCUT2D eigenvalue weighted by molar-refractivity contribution is 7.89. The number of carbonyl (C=O) groups excluding carboxylic acids is 1. The van der Waals surface area contributed by atoms with Crippen LogP contribution < -0.4 is 4.72 Å². The Morgan fingerprint density at radius 2 is 1.75 bits per heavy atom. The Morgan fingerprint density at radius 1 is 1.07 bits per heavy atom. The molecule has 6 heteroatoms. The average Bonchev–Trinajstić information content (AvgIpc) is 3.20. The molecule has 0 aliphatic heterocycles. The van der Waals surface area contributed by atoms with E-state index in [0.29, 0.717) is 6.42 Å². The normalized spacial score (nSPS) is 15.7. The maximum absolute atomic E-state index is 13.0. The van der Waals surface area contributed by atoms with E-state index in [4.69, 9.17) is 4.74 Å². The minimum atomic E-state index is -3.81. The zero-order valence-corrected chi connectivity index (χ0v) is 16.6. The van der Waals surface area contributed by atoms with Crippen molar-refractivity contribution in [2.75, 3.05) is 0 Å². The topological polar surface area (TPSA) is 72.5 Å². The first-order valence-electron chi connectivity index (χ1n) is 9.03. The van der Waals surface area contributed by atoms with Crippen molar-refractivity contribution in [1.82, 2.24) is 4.72 Å². The van der Waals surface area contributed by atoms with Crippen LogP contribution in [-0.4, -0.2) is 20.4 Å². The molecule has 0 amide bonds. The third-order valence-corrected chi connectivity index (χ3v) is 5.99. The fraction of sp³-hybridized carbons (Fsp3) is 0.227. The van der Waals surface area contributed by atoms with Gasteiger partial charge in [0.05, 0.1) is 10.9 Å². The number of carbonyl (C=O) groups is 1. The standard InChI is InChI=1S/C22H23NO4S/c1-16-12-14-20(15-13-16)28(25,26)23-21(18-8-6-7-9-18)22(27-17(2)24)19-10-4-3-5-11-19/h3-8,10-15,21-23H,9H2,1-2H3/t21-,22+/m1/s1. The molecule has 0 radical (unpaired) electrons. The summed E-state index contributed by atoms with van der Waals surface area (Å²) in [7, 11) is -3.81. The maximum atomic E-state index is 13.0. The van der Waals surface area contributed by atoms with Crippen LogP contribution in [0.25, 0.3) is 0 Å². The van der Waals surface area contributed by atoms with Crippen LogP contribution in [0.4, 0.5) is 0 Å². The molecule has 0 fully saturated rings. The number of nitrogens with one attached hydrogen (secondary N) is 1. The number of rotatable bonds is 7. The van der Waals surface area contributed by atoms with E-state index in [-0.39, 0.29) is 4.90 Å². The second-order valence-electron chi connectivity index (χ2n) is 6.73. The molecular weight excluding hydrogens is 374 g/mol. The fourth-order valence-corrected chi connectivity index (χ4v) is 4.37. The van der Waals surface area contributed by atoms with E-state index in [9.17, 15) is 13.2 Å². The number of hydrogen-bond acceptors (Lipinski definition) is 4. The summed E-state index contributed by atoms with van der Waals surface area (Å²) < 4.78 is 34.4. The summed E-state index contributed by atoms with van der Waals surface area (Å²) in [6, 6.07) is 15.1. The van der Waals surface area contributed by atoms with Gasteiger partial charge in [0.1, 0.15) is 6.10 Å². The summed E-state index contributed by atoms with van der Waals surface area (Å²) in [5.74, 6) is -0.472. The highest BCUT2D eigenvalue weighted by Crippen LogP contribution is 2.31. The van der Waals surface area contributed by atoms with Crippen LogP contribution in [0.1, 0.15) is 30.6 Å². The summed E-state index contributed by atoms with van der Waals surface area (Å²) in [6.45, 7) is 3.22. The van der Waals surface area contributed by atoms with Crippen molar-refractivity contribution in [2.24, 2.45) is 0 Å². The van der Waals surface area contributed by atoms with E-state index >= 15 is 0 Å². The lowest BCUT2D eigenvalue weighted by atomic mass is 9.95. The largest absolute Gasteiger partial charge is 0.456 e. The zero-order valence-electron chi connectivity index (χ0n) is 15.8. The lowest BCUT2D eigenvalue weighted by Crippen LogP contribution is -2.42. The lowest BCUT2D eigenvalue weighted by molar-refractivity contribution is -0.147. The number of allylic oxidation sites excluding steroid dienone is 3. The van der Waals surface area contributed by atoms with Gasteiger partial charge in [0.15, 0.2) is 0 Å². The molecule has 0 spiro atoms. The van der Waals surface area contributed by atoms with Crippen molar-refractivity contribution < 1.29 is 17.9 Å². The van der Waals surface area contributed by atoms with E-state index in [0.717, 1.165) is 16.7 Å². The molecule has 0 unspecified atom stereocenters. The Hall–Kier alpha value is -2.70. The van der Waals surface area contributed by atoms with E-state index in [1.807, 2.05) is 55.5 Å². The second-order valence-corrected chi connectivity index (χ2v) is 8.44. The number of benzene rings is 2. The molecule has 2 aromatic rings. The predicted octanol–water partition coefficient (Wildman–Crippen LogP) is 3.83. The first kappa shape index (κ1) is 20.0. The van der Waals surface area contributed by atoms with Crippen molar-refractivity contribution in [3.8, 4) is 0 Å². The van der Waals surface area contributed by atoms with Gasteiger partial charge < -0.3 is 4.74 Å². The third-order valence-electron chi connectivity index (χ3n) is 4.54. The quantitative estimate of drug-likeness (QED) is 0.721. The summed E-state index contributed by atoms with van der Waals surface area (Å²) in [5, 5.41) is 0. The van der Waals surface area contributed by atoms with Crippen LogP contribution in [0.3, 0.4) is 0 Å². The molecule has 2 aromatic carbocycles. The van der Waals surface area contributed by atoms with Crippen LogP contribution in [0.2, 0.25) is 0 Å². The summed E-state index contributed by atoms with van der Waals surface area (Å²) in [4.78, 5) is 12.0. The molecule has 146 valence electrons. The Balaban J connectivity index is 2.00. The van der Waals surface area contributed by atoms with E-state index in [1.165, 1.54) is 6.92 Å². The first-order valence-corrected chi connectivity index (χ1v) is 10.5. The van der Waals surface area contributed by atoms with Crippen molar-refractivity contribution in [1.29, 1.82) is 0 Å². The van der Waals surface area contributed by atoms with Gasteiger partial charge in [-0.05, 0) is 36.6 Å². The predicted molar refractivity (Wildman–Crippen MR) is 108 cm³/mol. The van der Waals surface area contributed by atoms with Gasteiger partial charge in [0.2, 0.25) is 10.0 Å². The Morgan fingerprint density at radius 3 is 2.32 bits per heavy atom. The summed E-state index contributed by atoms with van der Waals surface area (Å²) >= 11 is 0. The third kappa shape index (κ3) is 4.77. The van der Waals surface area contributed by atoms with Gasteiger partial charge in [0.25, 0.3) is 0 Å². The van der Waals surface area contributed by atoms with E-state index in [1.54, 1.807) is 24.3 Å². The van der Waals surface area contributed by atoms with Crippen LogP contribution in [0.5, 0.6) is 0 Å². The number of esters is 1. The zero-order chi connectivity index (χ0) is 20.1. The molecule has 3 rings (SSSR count). The molecule has 1 aliphatic rings. The van der Waals surface area contributed by atoms with Gasteiger partial charge in [-0.25, -0.2) is 8.42 Å². The highest BCUT2D eigenvalue weighted by atomic mass is 32.2. The van der Waals surface area contributed by atoms with Gasteiger partial charge in [-0.3, -0.25) is 4.79 Å². The van der Waals surface area contributed by atoms with Crippen LogP contribution >= 0.6 is 0 Å². The number of hydrogen-bond donors (Lipinski definition) is 1. The summed E-state index contributed by atoms with van der Waals surface area (Å²) in [5.41, 5.74) is 2.54. The molecule has 1 aliphatic carbocycles. The Kier molecular flexibility index (Phi) is 6.11. The molecule has 0 saturated carbocycles. The molecule has 0 heterocycles. The fourth-order valence-electron chi connectivity index (χ4n) is 3.13. The average molecular weight is 397 g/mol. The number of sulfonamides is 1. The SMILES string of the molecule is CC(=O)O[C@@H](c1ccccc1)[C@H](NS(=O)(=O)c1ccc(C)cc1)C1=CC=CC1. The molecular formula is C22H23NO4S. The lowest BCUT2D eigenvalue weighted by Gasteiger charge is -2.29. The van der Waals surface area contributed by atoms with Crippen LogP contribution in [0.15, 0.2) is 83.3 Å². The molecule has 1 N–H and O–H groups in total. The first-order chi connectivity index (χ1) is 13.4. The highest BCUT2D eigenvalue weighted by Gasteiger charge is 2.33. The minimum Gasteiger partial charge on any atom is -0.456 e. The van der Waals surface area contributed by atoms with Gasteiger partial charge in [-0.1, -0.05) is 66.3 Å². The van der Waals surface area contributed by atoms with Gasteiger partial charge in [-0.2, -0.15) is 4.72 Å². The molecule has 5 nitrogen and oxygen atoms in total. The maximum Gasteiger partial charge on any atom is 0.303 e. The van der Waals surface area contributed by atoms with Crippen molar-refractivity contribution in [2.45, 2.75) is 37.3 Å². The van der Waals surface area contributed by atoms with Gasteiger partial charge in [-0.15, -0.1) is 0 Å². The van der Waals surface area contributed by atoms with E-state index in [2.05, 4.69) is 4.72 Å². The number of ether oxygens (including phenoxy) is 1. The molecule has 0 saturated heterocycles. The Labute approximate surface area is 165 Å². The molecule has 2 atom stereocenters. The van der Waals surface area contributed by atoms with Crippen molar-refractivity contribution >= 4 is 16.0 Å². The molecule has 0 aromatic heterocycles. The smallest absolute Gasteiger partial charge is 0.303 e. The van der Waals surface area contributed by atoms with Crippen LogP contribution in [-0.2, 0) is 19.6 Å². The van der Waals surface area contributed by atoms with Gasteiger partial charge >= 0.3 is 5.97 Å². The Bertz CT molecular complexity index is 993. The van der Waals surface area contributed by atoms with Gasteiger partial charge in [0, 0.05) is 6.92 Å². The molecule has 28 heavy (non-hydrogen) atoms. The van der Waals surface area contributed by atoms with Crippen molar-refractivity contribution in [3.05, 3.63) is 89.5 Å². The minimum absolute atomic E-state index is 0.171. The van der Waals surface area contributed by atoms with E-state index < -0.39 is 28.1 Å². The summed E-state index contributed by atoms with van der Waals surface area (Å²) in [6.07, 6.45) is 5.49. The molecule has 0 bridgehead atoms. The number of aryl methyl sites for hydroxylation is 1.